The van der Waals surface area contributed by atoms with Crippen molar-refractivity contribution in [1.82, 2.24) is 34.5 Å². The summed E-state index contributed by atoms with van der Waals surface area (Å²) in [6.45, 7) is 9.56. The summed E-state index contributed by atoms with van der Waals surface area (Å²) in [7, 11) is 0. The standard InChI is InChI=1S/C60H40N4.C54H35N3O/c1-60(2)55-46(45-23-14-28-53-54(45)50-22-10-11-27-52(50)64(53)43-19-4-3-5-20-43)24-13-25-47(55)48-34-33-39-30-32-42(36-51(39)56(48)60)58-61-57(41-31-29-37-15-6-7-17-40(37)35-41)62-59(63-58)49-26-12-18-38-16-8-9-21-44(38)49;1-54(2)49-38-29-28-35(31-34(38)27-30-42(49)41-22-11-21-40(50(41)54)39-20-12-26-47-48(39)45-19-7-8-25-46(45)58-47)51-55-52(43-23-9-15-32-13-3-5-17-36(32)43)57-53(56-51)44-24-10-16-33-14-4-6-18-37(33)44/h3-36H,1-2H3;3-31H,1-2H3. The molecule has 0 saturated carbocycles. The minimum absolute atomic E-state index is 0.278. The number of nitrogens with zero attached hydrogens (tertiary/aromatic N) is 7. The van der Waals surface area contributed by atoms with E-state index < -0.39 is 0 Å². The molecular weight excluding hydrogens is 1480 g/mol. The second-order valence-electron chi connectivity index (χ2n) is 33.5. The Kier molecular flexibility index (Phi) is 15.9. The van der Waals surface area contributed by atoms with E-state index in [4.69, 9.17) is 34.3 Å². The van der Waals surface area contributed by atoms with Gasteiger partial charge in [-0.2, -0.15) is 0 Å². The summed E-state index contributed by atoms with van der Waals surface area (Å²) < 4.78 is 8.75. The summed E-state index contributed by atoms with van der Waals surface area (Å²) in [6.07, 6.45) is 0. The lowest BCUT2D eigenvalue weighted by Crippen LogP contribution is -2.17. The molecule has 2 aliphatic carbocycles. The van der Waals surface area contributed by atoms with Crippen molar-refractivity contribution < 1.29 is 4.42 Å². The Labute approximate surface area is 704 Å². The van der Waals surface area contributed by atoms with Crippen LogP contribution in [0.4, 0.5) is 0 Å². The lowest BCUT2D eigenvalue weighted by Gasteiger charge is -2.26. The summed E-state index contributed by atoms with van der Waals surface area (Å²) in [6, 6.07) is 137. The number of benzene rings is 19. The molecule has 0 saturated heterocycles. The van der Waals surface area contributed by atoms with Gasteiger partial charge in [0, 0.05) is 71.4 Å². The van der Waals surface area contributed by atoms with E-state index in [1.807, 2.05) is 6.07 Å². The molecule has 0 spiro atoms. The van der Waals surface area contributed by atoms with Crippen LogP contribution in [0.5, 0.6) is 0 Å². The van der Waals surface area contributed by atoms with Crippen LogP contribution in [0.15, 0.2) is 387 Å². The first-order valence-corrected chi connectivity index (χ1v) is 41.9. The fourth-order valence-corrected chi connectivity index (χ4v) is 20.5. The molecule has 8 nitrogen and oxygen atoms in total. The van der Waals surface area contributed by atoms with Crippen LogP contribution in [0, 0.1) is 0 Å². The monoisotopic (exact) mass is 1560 g/mol. The normalized spacial score (nSPS) is 13.0. The Morgan fingerprint density at radius 2 is 0.557 bits per heavy atom. The van der Waals surface area contributed by atoms with Gasteiger partial charge in [-0.15, -0.1) is 0 Å². The number of furan rings is 1. The van der Waals surface area contributed by atoms with Gasteiger partial charge in [-0.3, -0.25) is 0 Å². The molecule has 0 fully saturated rings. The van der Waals surface area contributed by atoms with Crippen molar-refractivity contribution in [1.29, 1.82) is 0 Å². The number of hydrogen-bond acceptors (Lipinski definition) is 7. The van der Waals surface area contributed by atoms with Crippen molar-refractivity contribution in [2.75, 3.05) is 0 Å². The molecule has 19 aromatic carbocycles. The smallest absolute Gasteiger partial charge is 0.164 e. The number of para-hydroxylation sites is 3. The van der Waals surface area contributed by atoms with E-state index in [-0.39, 0.29) is 10.8 Å². The van der Waals surface area contributed by atoms with Crippen LogP contribution in [0.2, 0.25) is 0 Å². The average molecular weight is 1560 g/mol. The molecule has 4 aromatic heterocycles. The number of rotatable bonds is 9. The molecule has 2 aliphatic rings. The van der Waals surface area contributed by atoms with Gasteiger partial charge in [0.25, 0.3) is 0 Å². The van der Waals surface area contributed by atoms with Crippen LogP contribution in [-0.2, 0) is 10.8 Å². The first kappa shape index (κ1) is 70.6. The van der Waals surface area contributed by atoms with E-state index in [0.717, 1.165) is 104 Å². The Morgan fingerprint density at radius 1 is 0.205 bits per heavy atom. The van der Waals surface area contributed by atoms with E-state index >= 15 is 0 Å². The van der Waals surface area contributed by atoms with Crippen LogP contribution < -0.4 is 0 Å². The summed E-state index contributed by atoms with van der Waals surface area (Å²) in [5, 5.41) is 18.7. The summed E-state index contributed by atoms with van der Waals surface area (Å²) in [4.78, 5) is 31.4. The van der Waals surface area contributed by atoms with E-state index in [2.05, 4.69) is 408 Å². The zero-order valence-electron chi connectivity index (χ0n) is 67.4. The molecule has 0 bridgehead atoms. The maximum atomic E-state index is 6.34. The third-order valence-electron chi connectivity index (χ3n) is 25.8. The zero-order chi connectivity index (χ0) is 81.1. The van der Waals surface area contributed by atoms with Crippen molar-refractivity contribution in [3.8, 4) is 119 Å². The largest absolute Gasteiger partial charge is 0.456 e. The lowest BCUT2D eigenvalue weighted by molar-refractivity contribution is 0.667. The molecule has 8 heteroatoms. The number of hydrogen-bond donors (Lipinski definition) is 0. The number of aromatic nitrogens is 7. The Morgan fingerprint density at radius 3 is 1.15 bits per heavy atom. The minimum Gasteiger partial charge on any atom is -0.456 e. The van der Waals surface area contributed by atoms with E-state index in [1.54, 1.807) is 0 Å². The molecule has 0 aliphatic heterocycles. The lowest BCUT2D eigenvalue weighted by atomic mass is 9.77. The summed E-state index contributed by atoms with van der Waals surface area (Å²) in [5.74, 6) is 3.91. The molecule has 0 radical (unpaired) electrons. The van der Waals surface area contributed by atoms with Gasteiger partial charge >= 0.3 is 0 Å². The first-order chi connectivity index (χ1) is 60.0. The van der Waals surface area contributed by atoms with E-state index in [0.29, 0.717) is 34.9 Å². The average Bonchev–Trinajstić information content (AvgIpc) is 1.55. The van der Waals surface area contributed by atoms with Gasteiger partial charge < -0.3 is 8.98 Å². The SMILES string of the molecule is CC1(C)c2c(cccc2-c2cccc3c2c2ccccc2n3-c2ccccc2)-c2ccc3ccc(-c4nc(-c5ccc6ccccc6c5)nc(-c5cccc6ccccc56)n4)cc3c21.CC1(C)c2c(cccc2-c2cccc3oc4ccccc4c23)-c2ccc3cc(-c4nc(-c5cccc6ccccc56)nc(-c5cccc6ccccc56)n4)ccc3c21. The van der Waals surface area contributed by atoms with Gasteiger partial charge in [0.1, 0.15) is 11.2 Å². The minimum atomic E-state index is -0.331. The molecule has 0 N–H and O–H groups in total. The Bertz CT molecular complexity index is 8240. The molecule has 0 amide bonds. The highest BCUT2D eigenvalue weighted by Gasteiger charge is 2.42. The second kappa shape index (κ2) is 27.5. The van der Waals surface area contributed by atoms with Gasteiger partial charge in [0.05, 0.1) is 11.0 Å². The fraction of sp³-hybridized carbons (Fsp3) is 0.0526. The predicted molar refractivity (Wildman–Crippen MR) is 505 cm³/mol. The quantitative estimate of drug-likeness (QED) is 0.142. The fourth-order valence-electron chi connectivity index (χ4n) is 20.5. The summed E-state index contributed by atoms with van der Waals surface area (Å²) >= 11 is 0. The topological polar surface area (TPSA) is 95.4 Å². The number of fused-ring (bicyclic) bond motifs is 20. The second-order valence-corrected chi connectivity index (χ2v) is 33.5. The highest BCUT2D eigenvalue weighted by Crippen LogP contribution is 2.58. The van der Waals surface area contributed by atoms with Crippen molar-refractivity contribution >= 4 is 108 Å². The highest BCUT2D eigenvalue weighted by molar-refractivity contribution is 6.18. The van der Waals surface area contributed by atoms with E-state index in [1.165, 1.54) is 110 Å². The van der Waals surface area contributed by atoms with Crippen molar-refractivity contribution in [3.05, 3.63) is 404 Å². The van der Waals surface area contributed by atoms with Crippen LogP contribution >= 0.6 is 0 Å². The molecule has 122 heavy (non-hydrogen) atoms. The summed E-state index contributed by atoms with van der Waals surface area (Å²) in [5.41, 5.74) is 26.0. The third-order valence-corrected chi connectivity index (χ3v) is 25.8. The maximum Gasteiger partial charge on any atom is 0.164 e. The van der Waals surface area contributed by atoms with Gasteiger partial charge in [-0.1, -0.05) is 355 Å². The van der Waals surface area contributed by atoms with Gasteiger partial charge in [-0.25, -0.2) is 29.9 Å². The van der Waals surface area contributed by atoms with Gasteiger partial charge in [0.2, 0.25) is 0 Å². The molecular formula is C114H75N7O. The molecule has 0 unspecified atom stereocenters. The molecule has 572 valence electrons. The zero-order valence-corrected chi connectivity index (χ0v) is 67.4. The van der Waals surface area contributed by atoms with Crippen LogP contribution in [0.25, 0.3) is 227 Å². The molecule has 4 heterocycles. The third kappa shape index (κ3) is 11.1. The molecule has 25 rings (SSSR count). The van der Waals surface area contributed by atoms with Crippen LogP contribution in [0.3, 0.4) is 0 Å². The van der Waals surface area contributed by atoms with Gasteiger partial charge in [-0.05, 0) is 186 Å². The van der Waals surface area contributed by atoms with Gasteiger partial charge in [0.15, 0.2) is 34.9 Å². The molecule has 23 aromatic rings. The Balaban J connectivity index is 0.000000139. The maximum absolute atomic E-state index is 6.34. The predicted octanol–water partition coefficient (Wildman–Crippen LogP) is 29.6. The van der Waals surface area contributed by atoms with Crippen LogP contribution in [0.1, 0.15) is 49.9 Å². The van der Waals surface area contributed by atoms with Crippen molar-refractivity contribution in [3.63, 3.8) is 0 Å². The Hall–Kier alpha value is -15.6. The van der Waals surface area contributed by atoms with E-state index in [9.17, 15) is 0 Å². The molecule has 0 atom stereocenters. The van der Waals surface area contributed by atoms with Crippen molar-refractivity contribution in [2.45, 2.75) is 38.5 Å². The first-order valence-electron chi connectivity index (χ1n) is 41.9. The van der Waals surface area contributed by atoms with Crippen molar-refractivity contribution in [2.24, 2.45) is 0 Å². The highest BCUT2D eigenvalue weighted by atomic mass is 16.3. The van der Waals surface area contributed by atoms with Crippen LogP contribution in [-0.4, -0.2) is 34.5 Å².